The number of anilines is 1. The molecule has 0 aromatic heterocycles. The van der Waals surface area contributed by atoms with Gasteiger partial charge in [0.1, 0.15) is 11.6 Å². The predicted octanol–water partition coefficient (Wildman–Crippen LogP) is 1.29. The van der Waals surface area contributed by atoms with Gasteiger partial charge in [0.05, 0.1) is 5.92 Å². The zero-order valence-corrected chi connectivity index (χ0v) is 8.95. The molecule has 0 bridgehead atoms. The summed E-state index contributed by atoms with van der Waals surface area (Å²) >= 11 is 0. The molecule has 0 saturated heterocycles. The number of hydrogen-bond acceptors (Lipinski definition) is 3. The van der Waals surface area contributed by atoms with Gasteiger partial charge in [0.25, 0.3) is 0 Å². The van der Waals surface area contributed by atoms with Crippen molar-refractivity contribution in [3.8, 4) is 0 Å². The highest BCUT2D eigenvalue weighted by Gasteiger charge is 2.18. The normalized spacial score (nSPS) is 13.2. The van der Waals surface area contributed by atoms with Gasteiger partial charge >= 0.3 is 0 Å². The first kappa shape index (κ1) is 12.9. The van der Waals surface area contributed by atoms with Crippen molar-refractivity contribution in [3.63, 3.8) is 0 Å². The third-order valence-electron chi connectivity index (χ3n) is 2.08. The van der Waals surface area contributed by atoms with Gasteiger partial charge in [0.2, 0.25) is 5.91 Å². The molecule has 1 aromatic rings. The number of oxime groups is 1. The van der Waals surface area contributed by atoms with Crippen LogP contribution >= 0.6 is 0 Å². The van der Waals surface area contributed by atoms with Crippen molar-refractivity contribution in [3.05, 3.63) is 29.8 Å². The fourth-order valence-electron chi connectivity index (χ4n) is 1.10. The molecule has 0 aliphatic carbocycles. The number of nitrogens with zero attached hydrogens (tertiary/aromatic N) is 1. The van der Waals surface area contributed by atoms with E-state index in [9.17, 15) is 13.6 Å². The first-order chi connectivity index (χ1) is 7.93. The maximum Gasteiger partial charge on any atom is 0.234 e. The number of amidine groups is 1. The van der Waals surface area contributed by atoms with Gasteiger partial charge in [-0.05, 0) is 19.1 Å². The van der Waals surface area contributed by atoms with Crippen molar-refractivity contribution in [2.45, 2.75) is 6.92 Å². The van der Waals surface area contributed by atoms with Crippen molar-refractivity contribution in [2.75, 3.05) is 5.32 Å². The molecule has 0 aliphatic rings. The number of carbonyl (C=O) groups excluding carboxylic acids is 1. The van der Waals surface area contributed by atoms with E-state index in [1.165, 1.54) is 6.92 Å². The van der Waals surface area contributed by atoms with E-state index in [2.05, 4.69) is 10.5 Å². The monoisotopic (exact) mass is 243 g/mol. The van der Waals surface area contributed by atoms with Crippen LogP contribution in [0.5, 0.6) is 0 Å². The van der Waals surface area contributed by atoms with Crippen molar-refractivity contribution in [2.24, 2.45) is 16.8 Å². The number of rotatable bonds is 3. The highest BCUT2D eigenvalue weighted by Crippen LogP contribution is 2.13. The van der Waals surface area contributed by atoms with E-state index in [-0.39, 0.29) is 11.5 Å². The van der Waals surface area contributed by atoms with E-state index < -0.39 is 23.5 Å². The minimum Gasteiger partial charge on any atom is -0.409 e. The van der Waals surface area contributed by atoms with Crippen LogP contribution in [-0.4, -0.2) is 17.0 Å². The van der Waals surface area contributed by atoms with Gasteiger partial charge in [0.15, 0.2) is 5.84 Å². The molecule has 4 N–H and O–H groups in total. The van der Waals surface area contributed by atoms with Crippen LogP contribution in [-0.2, 0) is 4.79 Å². The third-order valence-corrected chi connectivity index (χ3v) is 2.08. The highest BCUT2D eigenvalue weighted by atomic mass is 19.1. The Kier molecular flexibility index (Phi) is 3.97. The molecule has 1 aromatic carbocycles. The maximum atomic E-state index is 12.8. The lowest BCUT2D eigenvalue weighted by Gasteiger charge is -2.10. The van der Waals surface area contributed by atoms with E-state index in [4.69, 9.17) is 10.9 Å². The number of carbonyl (C=O) groups is 1. The Bertz CT molecular complexity index is 443. The number of nitrogens with one attached hydrogen (secondary N) is 1. The molecule has 1 amide bonds. The minimum absolute atomic E-state index is 0.0370. The summed E-state index contributed by atoms with van der Waals surface area (Å²) in [4.78, 5) is 11.5. The van der Waals surface area contributed by atoms with E-state index >= 15 is 0 Å². The largest absolute Gasteiger partial charge is 0.409 e. The molecule has 92 valence electrons. The Balaban J connectivity index is 2.81. The van der Waals surface area contributed by atoms with Crippen LogP contribution in [0.15, 0.2) is 23.4 Å². The van der Waals surface area contributed by atoms with Crippen LogP contribution in [0, 0.1) is 17.6 Å². The Labute approximate surface area is 95.9 Å². The van der Waals surface area contributed by atoms with Gasteiger partial charge in [-0.1, -0.05) is 5.16 Å². The van der Waals surface area contributed by atoms with Gasteiger partial charge < -0.3 is 16.3 Å². The van der Waals surface area contributed by atoms with Crippen LogP contribution in [0.1, 0.15) is 6.92 Å². The van der Waals surface area contributed by atoms with Crippen LogP contribution in [0.3, 0.4) is 0 Å². The van der Waals surface area contributed by atoms with Crippen molar-refractivity contribution in [1.29, 1.82) is 0 Å². The second-order valence-electron chi connectivity index (χ2n) is 3.39. The summed E-state index contributed by atoms with van der Waals surface area (Å²) in [7, 11) is 0. The van der Waals surface area contributed by atoms with Crippen LogP contribution in [0.25, 0.3) is 0 Å². The number of benzene rings is 1. The van der Waals surface area contributed by atoms with Gasteiger partial charge in [0, 0.05) is 11.8 Å². The number of halogens is 2. The molecular weight excluding hydrogens is 232 g/mol. The second-order valence-corrected chi connectivity index (χ2v) is 3.39. The van der Waals surface area contributed by atoms with Gasteiger partial charge in [-0.3, -0.25) is 4.79 Å². The standard InChI is InChI=1S/C10H11F2N3O2/c1-5(9(13)15-17)10(16)14-8-3-6(11)2-7(12)4-8/h2-5,17H,1H3,(H2,13,15)(H,14,16). The topological polar surface area (TPSA) is 87.7 Å². The maximum absolute atomic E-state index is 12.8. The fourth-order valence-corrected chi connectivity index (χ4v) is 1.10. The highest BCUT2D eigenvalue weighted by molar-refractivity contribution is 6.07. The van der Waals surface area contributed by atoms with Crippen LogP contribution in [0.2, 0.25) is 0 Å². The van der Waals surface area contributed by atoms with Gasteiger partial charge in [-0.25, -0.2) is 8.78 Å². The quantitative estimate of drug-likeness (QED) is 0.323. The predicted molar refractivity (Wildman–Crippen MR) is 57.6 cm³/mol. The number of nitrogens with two attached hydrogens (primary N) is 1. The average molecular weight is 243 g/mol. The summed E-state index contributed by atoms with van der Waals surface area (Å²) in [6, 6.07) is 2.60. The lowest BCUT2D eigenvalue weighted by molar-refractivity contribution is -0.117. The zero-order valence-electron chi connectivity index (χ0n) is 8.95. The summed E-state index contributed by atoms with van der Waals surface area (Å²) in [5.41, 5.74) is 5.18. The molecule has 1 rings (SSSR count). The number of hydrogen-bond donors (Lipinski definition) is 3. The summed E-state index contributed by atoms with van der Waals surface area (Å²) in [6.07, 6.45) is 0. The lowest BCUT2D eigenvalue weighted by Crippen LogP contribution is -2.32. The van der Waals surface area contributed by atoms with Crippen LogP contribution in [0.4, 0.5) is 14.5 Å². The lowest BCUT2D eigenvalue weighted by atomic mass is 10.1. The second kappa shape index (κ2) is 5.24. The van der Waals surface area contributed by atoms with E-state index in [1.54, 1.807) is 0 Å². The summed E-state index contributed by atoms with van der Waals surface area (Å²) in [5, 5.41) is 13.3. The molecule has 0 spiro atoms. The summed E-state index contributed by atoms with van der Waals surface area (Å²) in [6.45, 7) is 1.39. The SMILES string of the molecule is CC(C(=O)Nc1cc(F)cc(F)c1)/C(N)=N/O. The number of amides is 1. The Hall–Kier alpha value is -2.18. The van der Waals surface area contributed by atoms with Crippen molar-refractivity contribution < 1.29 is 18.8 Å². The van der Waals surface area contributed by atoms with Gasteiger partial charge in [-0.15, -0.1) is 0 Å². The summed E-state index contributed by atoms with van der Waals surface area (Å²) in [5.74, 6) is -3.45. The molecule has 0 fully saturated rings. The molecule has 1 unspecified atom stereocenters. The fraction of sp³-hybridized carbons (Fsp3) is 0.200. The van der Waals surface area contributed by atoms with Crippen molar-refractivity contribution in [1.82, 2.24) is 0 Å². The van der Waals surface area contributed by atoms with Crippen LogP contribution < -0.4 is 11.1 Å². The van der Waals surface area contributed by atoms with Gasteiger partial charge in [-0.2, -0.15) is 0 Å². The van der Waals surface area contributed by atoms with E-state index in [0.29, 0.717) is 6.07 Å². The minimum atomic E-state index is -0.911. The molecule has 7 heteroatoms. The third kappa shape index (κ3) is 3.40. The molecule has 0 aliphatic heterocycles. The van der Waals surface area contributed by atoms with E-state index in [0.717, 1.165) is 12.1 Å². The Morgan fingerprint density at radius 3 is 2.41 bits per heavy atom. The first-order valence-electron chi connectivity index (χ1n) is 4.68. The molecule has 1 atom stereocenters. The average Bonchev–Trinajstić information content (AvgIpc) is 2.25. The van der Waals surface area contributed by atoms with Crippen molar-refractivity contribution >= 4 is 17.4 Å². The van der Waals surface area contributed by atoms with E-state index in [1.807, 2.05) is 0 Å². The molecular formula is C10H11F2N3O2. The summed E-state index contributed by atoms with van der Waals surface area (Å²) < 4.78 is 25.6. The first-order valence-corrected chi connectivity index (χ1v) is 4.68. The molecule has 0 saturated carbocycles. The smallest absolute Gasteiger partial charge is 0.234 e. The molecule has 0 heterocycles. The zero-order chi connectivity index (χ0) is 13.0. The Morgan fingerprint density at radius 1 is 1.41 bits per heavy atom. The molecule has 17 heavy (non-hydrogen) atoms. The molecule has 0 radical (unpaired) electrons. The Morgan fingerprint density at radius 2 is 1.94 bits per heavy atom. The molecule has 5 nitrogen and oxygen atoms in total.